The third kappa shape index (κ3) is 6.00. The molecule has 36 heavy (non-hydrogen) atoms. The maximum absolute atomic E-state index is 12.9. The number of methoxy groups -OCH3 is 2. The van der Waals surface area contributed by atoms with Gasteiger partial charge in [0, 0.05) is 12.4 Å². The second kappa shape index (κ2) is 12.0. The quantitative estimate of drug-likeness (QED) is 0.293. The molecule has 0 spiro atoms. The van der Waals surface area contributed by atoms with Gasteiger partial charge >= 0.3 is 0 Å². The number of carbonyl (C=O) groups excluding carboxylic acids is 2. The summed E-state index contributed by atoms with van der Waals surface area (Å²) in [6.07, 6.45) is 5.06. The first-order valence-electron chi connectivity index (χ1n) is 10.9. The van der Waals surface area contributed by atoms with Gasteiger partial charge in [-0.05, 0) is 81.3 Å². The van der Waals surface area contributed by atoms with E-state index >= 15 is 0 Å². The average Bonchev–Trinajstić information content (AvgIpc) is 3.15. The van der Waals surface area contributed by atoms with Crippen LogP contribution in [-0.2, 0) is 11.4 Å². The molecule has 0 radical (unpaired) electrons. The van der Waals surface area contributed by atoms with Crippen molar-refractivity contribution >= 4 is 44.9 Å². The van der Waals surface area contributed by atoms with Crippen molar-refractivity contribution in [2.75, 3.05) is 27.4 Å². The van der Waals surface area contributed by atoms with E-state index in [2.05, 4.69) is 20.9 Å². The molecule has 2 aromatic carbocycles. The topological polar surface area (TPSA) is 87.2 Å². The Bertz CT molecular complexity index is 1280. The fourth-order valence-corrected chi connectivity index (χ4v) is 4.87. The van der Waals surface area contributed by atoms with E-state index in [-0.39, 0.29) is 24.3 Å². The normalized spacial score (nSPS) is 14.3. The molecule has 0 saturated carbocycles. The molecule has 0 bridgehead atoms. The lowest BCUT2D eigenvalue weighted by Crippen LogP contribution is -2.32. The number of aromatic nitrogens is 1. The number of ether oxygens (including phenoxy) is 4. The summed E-state index contributed by atoms with van der Waals surface area (Å²) in [6, 6.07) is 14.5. The molecule has 0 atom stereocenters. The molecule has 186 valence electrons. The molecule has 2 amide bonds. The first-order chi connectivity index (χ1) is 17.5. The van der Waals surface area contributed by atoms with Crippen LogP contribution in [0, 0.1) is 0 Å². The van der Waals surface area contributed by atoms with Gasteiger partial charge in [-0.25, -0.2) is 0 Å². The summed E-state index contributed by atoms with van der Waals surface area (Å²) in [6.45, 7) is 0.607. The van der Waals surface area contributed by atoms with Gasteiger partial charge in [-0.1, -0.05) is 12.1 Å². The van der Waals surface area contributed by atoms with Crippen molar-refractivity contribution in [2.45, 2.75) is 6.61 Å². The minimum Gasteiger partial charge on any atom is -0.493 e. The Morgan fingerprint density at radius 2 is 1.69 bits per heavy atom. The van der Waals surface area contributed by atoms with Gasteiger partial charge in [0.2, 0.25) is 0 Å². The van der Waals surface area contributed by atoms with Crippen LogP contribution in [0.4, 0.5) is 4.79 Å². The summed E-state index contributed by atoms with van der Waals surface area (Å²) >= 11 is 4.41. The molecule has 1 aliphatic rings. The van der Waals surface area contributed by atoms with Crippen molar-refractivity contribution in [3.05, 3.63) is 81.4 Å². The first-order valence-corrected chi connectivity index (χ1v) is 12.5. The molecule has 4 rings (SSSR count). The number of thioether (sulfide) groups is 1. The summed E-state index contributed by atoms with van der Waals surface area (Å²) in [7, 11) is 3.09. The van der Waals surface area contributed by atoms with Crippen LogP contribution in [0.2, 0.25) is 0 Å². The van der Waals surface area contributed by atoms with Crippen molar-refractivity contribution in [1.29, 1.82) is 0 Å². The van der Waals surface area contributed by atoms with Crippen LogP contribution in [-0.4, -0.2) is 48.4 Å². The monoisotopic (exact) mass is 570 g/mol. The number of hydrogen-bond acceptors (Lipinski definition) is 8. The van der Waals surface area contributed by atoms with Crippen molar-refractivity contribution in [3.63, 3.8) is 0 Å². The number of hydrogen-bond donors (Lipinski definition) is 0. The Balaban J connectivity index is 1.44. The van der Waals surface area contributed by atoms with E-state index in [9.17, 15) is 9.59 Å². The summed E-state index contributed by atoms with van der Waals surface area (Å²) in [5, 5.41) is -0.349. The van der Waals surface area contributed by atoms with Gasteiger partial charge < -0.3 is 18.9 Å². The van der Waals surface area contributed by atoms with E-state index in [1.165, 1.54) is 4.90 Å². The standard InChI is InChI=1S/C26H23BrN2O6S/c1-32-20-5-3-4-6-21(20)34-12-11-29-25(30)23(36-26(29)31)15-18-13-19(27)24(22(14-18)33-2)35-16-17-7-9-28-10-8-17/h3-10,13-15H,11-12,16H2,1-2H3/b23-15-. The van der Waals surface area contributed by atoms with Gasteiger partial charge in [-0.15, -0.1) is 0 Å². The van der Waals surface area contributed by atoms with Gasteiger partial charge in [-0.2, -0.15) is 0 Å². The zero-order valence-electron chi connectivity index (χ0n) is 19.6. The molecular formula is C26H23BrN2O6S. The van der Waals surface area contributed by atoms with Crippen LogP contribution in [0.1, 0.15) is 11.1 Å². The van der Waals surface area contributed by atoms with E-state index in [0.29, 0.717) is 44.5 Å². The molecule has 1 saturated heterocycles. The van der Waals surface area contributed by atoms with Crippen molar-refractivity contribution in [1.82, 2.24) is 9.88 Å². The van der Waals surface area contributed by atoms with Gasteiger partial charge in [0.15, 0.2) is 23.0 Å². The lowest BCUT2D eigenvalue weighted by atomic mass is 10.1. The second-order valence-corrected chi connectivity index (χ2v) is 9.36. The van der Waals surface area contributed by atoms with Gasteiger partial charge in [0.05, 0.1) is 30.1 Å². The minimum absolute atomic E-state index is 0.120. The highest BCUT2D eigenvalue weighted by atomic mass is 79.9. The van der Waals surface area contributed by atoms with Crippen LogP contribution >= 0.6 is 27.7 Å². The molecule has 3 aromatic rings. The summed E-state index contributed by atoms with van der Waals surface area (Å²) < 4.78 is 23.1. The van der Waals surface area contributed by atoms with Crippen LogP contribution in [0.25, 0.3) is 6.08 Å². The van der Waals surface area contributed by atoms with E-state index in [4.69, 9.17) is 18.9 Å². The molecule has 0 unspecified atom stereocenters. The van der Waals surface area contributed by atoms with E-state index in [1.54, 1.807) is 50.9 Å². The van der Waals surface area contributed by atoms with Crippen molar-refractivity contribution in [3.8, 4) is 23.0 Å². The number of halogens is 1. The molecule has 1 aliphatic heterocycles. The third-order valence-electron chi connectivity index (χ3n) is 5.20. The minimum atomic E-state index is -0.373. The van der Waals surface area contributed by atoms with Crippen LogP contribution < -0.4 is 18.9 Å². The molecule has 1 aromatic heterocycles. The third-order valence-corrected chi connectivity index (χ3v) is 6.69. The Hall–Kier alpha value is -3.50. The van der Waals surface area contributed by atoms with Gasteiger partial charge in [0.25, 0.3) is 11.1 Å². The van der Waals surface area contributed by atoms with Crippen LogP contribution in [0.15, 0.2) is 70.3 Å². The number of carbonyl (C=O) groups is 2. The zero-order valence-corrected chi connectivity index (χ0v) is 22.0. The summed E-state index contributed by atoms with van der Waals surface area (Å²) in [4.78, 5) is 30.9. The molecule has 2 heterocycles. The molecule has 8 nitrogen and oxygen atoms in total. The number of pyridine rings is 1. The highest BCUT2D eigenvalue weighted by molar-refractivity contribution is 9.10. The van der Waals surface area contributed by atoms with Crippen LogP contribution in [0.5, 0.6) is 23.0 Å². The SMILES string of the molecule is COc1ccccc1OCCN1C(=O)S/C(=C\c2cc(Br)c(OCc3ccncc3)c(OC)c2)C1=O. The number of nitrogens with zero attached hydrogens (tertiary/aromatic N) is 2. The highest BCUT2D eigenvalue weighted by Gasteiger charge is 2.35. The Kier molecular flexibility index (Phi) is 8.50. The number of para-hydroxylation sites is 2. The maximum atomic E-state index is 12.9. The second-order valence-electron chi connectivity index (χ2n) is 7.51. The van der Waals surface area contributed by atoms with Crippen molar-refractivity contribution < 1.29 is 28.5 Å². The number of imide groups is 1. The van der Waals surface area contributed by atoms with Crippen LogP contribution in [0.3, 0.4) is 0 Å². The van der Waals surface area contributed by atoms with E-state index in [0.717, 1.165) is 17.3 Å². The molecular weight excluding hydrogens is 548 g/mol. The van der Waals surface area contributed by atoms with Gasteiger partial charge in [-0.3, -0.25) is 19.5 Å². The zero-order chi connectivity index (χ0) is 25.5. The Morgan fingerprint density at radius 3 is 2.42 bits per heavy atom. The largest absolute Gasteiger partial charge is 0.493 e. The molecule has 10 heteroatoms. The molecule has 1 fully saturated rings. The molecule has 0 aliphatic carbocycles. The lowest BCUT2D eigenvalue weighted by Gasteiger charge is -2.15. The molecule has 0 N–H and O–H groups in total. The predicted molar refractivity (Wildman–Crippen MR) is 140 cm³/mol. The first kappa shape index (κ1) is 25.6. The predicted octanol–water partition coefficient (Wildman–Crippen LogP) is 5.56. The van der Waals surface area contributed by atoms with Gasteiger partial charge in [0.1, 0.15) is 13.2 Å². The maximum Gasteiger partial charge on any atom is 0.293 e. The fraction of sp³-hybridized carbons (Fsp3) is 0.192. The summed E-state index contributed by atoms with van der Waals surface area (Å²) in [5.41, 5.74) is 1.65. The number of benzene rings is 2. The smallest absolute Gasteiger partial charge is 0.293 e. The van der Waals surface area contributed by atoms with E-state index < -0.39 is 0 Å². The highest BCUT2D eigenvalue weighted by Crippen LogP contribution is 2.39. The van der Waals surface area contributed by atoms with E-state index in [1.807, 2.05) is 30.3 Å². The number of rotatable bonds is 10. The number of amides is 2. The fourth-order valence-electron chi connectivity index (χ4n) is 3.43. The Morgan fingerprint density at radius 1 is 0.972 bits per heavy atom. The van der Waals surface area contributed by atoms with Crippen molar-refractivity contribution in [2.24, 2.45) is 0 Å². The summed E-state index contributed by atoms with van der Waals surface area (Å²) in [5.74, 6) is 1.79. The lowest BCUT2D eigenvalue weighted by molar-refractivity contribution is -0.123. The average molecular weight is 571 g/mol. The Labute approximate surface area is 221 Å².